The number of nitrogens with two attached hydrogens (primary N) is 1. The molecule has 2 aliphatic heterocycles. The van der Waals surface area contributed by atoms with E-state index >= 15 is 0 Å². The molecule has 2 aliphatic rings. The van der Waals surface area contributed by atoms with E-state index in [1.807, 2.05) is 24.3 Å². The highest BCUT2D eigenvalue weighted by molar-refractivity contribution is 6.09. The fourth-order valence-corrected chi connectivity index (χ4v) is 3.65. The smallest absolute Gasteiger partial charge is 0.0690 e. The van der Waals surface area contributed by atoms with Crippen LogP contribution in [-0.4, -0.2) is 11.4 Å². The molecule has 3 aromatic carbocycles. The quantitative estimate of drug-likeness (QED) is 0.662. The first kappa shape index (κ1) is 15.1. The number of rotatable bonds is 2. The summed E-state index contributed by atoms with van der Waals surface area (Å²) in [7, 11) is 0. The number of benzene rings is 3. The predicted molar refractivity (Wildman–Crippen MR) is 108 cm³/mol. The van der Waals surface area contributed by atoms with Crippen LogP contribution in [0.2, 0.25) is 0 Å². The molecule has 0 bridgehead atoms. The van der Waals surface area contributed by atoms with Gasteiger partial charge in [-0.15, -0.1) is 0 Å². The zero-order valence-corrected chi connectivity index (χ0v) is 14.7. The van der Waals surface area contributed by atoms with Crippen LogP contribution in [0.5, 0.6) is 0 Å². The van der Waals surface area contributed by atoms with E-state index in [1.54, 1.807) is 0 Å². The van der Waals surface area contributed by atoms with Crippen molar-refractivity contribution in [2.24, 2.45) is 9.98 Å². The zero-order chi connectivity index (χ0) is 17.7. The molecule has 0 aromatic heterocycles. The lowest BCUT2D eigenvalue weighted by Gasteiger charge is -2.03. The van der Waals surface area contributed by atoms with E-state index in [0.717, 1.165) is 46.9 Å². The average Bonchev–Trinajstić information content (AvgIpc) is 3.23. The van der Waals surface area contributed by atoms with Crippen LogP contribution in [0.15, 0.2) is 70.6 Å². The molecule has 0 fully saturated rings. The highest BCUT2D eigenvalue weighted by Gasteiger charge is 2.22. The monoisotopic (exact) mass is 337 g/mol. The number of hydrogen-bond acceptors (Lipinski definition) is 3. The van der Waals surface area contributed by atoms with Gasteiger partial charge >= 0.3 is 0 Å². The van der Waals surface area contributed by atoms with E-state index in [4.69, 9.17) is 15.7 Å². The summed E-state index contributed by atoms with van der Waals surface area (Å²) in [5, 5.41) is 0. The predicted octanol–water partition coefficient (Wildman–Crippen LogP) is 4.93. The molecule has 0 radical (unpaired) electrons. The molecule has 0 atom stereocenters. The van der Waals surface area contributed by atoms with Crippen LogP contribution < -0.4 is 5.73 Å². The van der Waals surface area contributed by atoms with E-state index in [2.05, 4.69) is 43.3 Å². The largest absolute Gasteiger partial charge is 0.399 e. The number of anilines is 1. The average molecular weight is 337 g/mol. The Balaban J connectivity index is 1.47. The molecule has 0 saturated heterocycles. The van der Waals surface area contributed by atoms with Crippen LogP contribution in [-0.2, 0) is 12.8 Å². The van der Waals surface area contributed by atoms with E-state index in [-0.39, 0.29) is 0 Å². The van der Waals surface area contributed by atoms with Crippen LogP contribution in [0.3, 0.4) is 0 Å². The molecule has 26 heavy (non-hydrogen) atoms. The summed E-state index contributed by atoms with van der Waals surface area (Å²) < 4.78 is 0. The minimum atomic E-state index is 0.779. The van der Waals surface area contributed by atoms with Gasteiger partial charge in [-0.05, 0) is 47.4 Å². The van der Waals surface area contributed by atoms with Crippen LogP contribution >= 0.6 is 0 Å². The molecule has 126 valence electrons. The molecule has 3 aromatic rings. The minimum Gasteiger partial charge on any atom is -0.399 e. The SMILES string of the molecule is Cc1ccc(C2=Nc3cc4c(cc3C2)CC(c2ccc(N)cc2)=N4)cc1. The van der Waals surface area contributed by atoms with Crippen LogP contribution in [0.1, 0.15) is 27.8 Å². The summed E-state index contributed by atoms with van der Waals surface area (Å²) in [4.78, 5) is 9.71. The van der Waals surface area contributed by atoms with Crippen molar-refractivity contribution in [3.8, 4) is 0 Å². The summed E-state index contributed by atoms with van der Waals surface area (Å²) in [5.74, 6) is 0. The highest BCUT2D eigenvalue weighted by atomic mass is 14.8. The third-order valence-electron chi connectivity index (χ3n) is 5.14. The number of aliphatic imine (C=N–C) groups is 2. The Morgan fingerprint density at radius 1 is 0.692 bits per heavy atom. The van der Waals surface area contributed by atoms with Crippen LogP contribution in [0.4, 0.5) is 17.1 Å². The Morgan fingerprint density at radius 2 is 1.19 bits per heavy atom. The standard InChI is InChI=1S/C23H19N3/c1-14-2-4-15(5-3-14)20-11-17-10-18-12-21(16-6-8-19(24)9-7-16)26-23(18)13-22(17)25-20/h2-10,13H,11-12,24H2,1H3. The van der Waals surface area contributed by atoms with Crippen molar-refractivity contribution in [1.29, 1.82) is 0 Å². The number of aryl methyl sites for hydroxylation is 1. The van der Waals surface area contributed by atoms with Gasteiger partial charge in [-0.2, -0.15) is 0 Å². The lowest BCUT2D eigenvalue weighted by molar-refractivity contribution is 1.31. The third-order valence-corrected chi connectivity index (χ3v) is 5.14. The molecule has 0 unspecified atom stereocenters. The first-order valence-corrected chi connectivity index (χ1v) is 8.89. The van der Waals surface area contributed by atoms with E-state index < -0.39 is 0 Å². The molecule has 3 heteroatoms. The van der Waals surface area contributed by atoms with Crippen molar-refractivity contribution in [2.45, 2.75) is 19.8 Å². The second-order valence-electron chi connectivity index (χ2n) is 7.07. The van der Waals surface area contributed by atoms with Crippen molar-refractivity contribution in [3.63, 3.8) is 0 Å². The molecule has 0 saturated carbocycles. The summed E-state index contributed by atoms with van der Waals surface area (Å²) in [6, 6.07) is 21.0. The van der Waals surface area contributed by atoms with Gasteiger partial charge in [0.25, 0.3) is 0 Å². The van der Waals surface area contributed by atoms with Crippen molar-refractivity contribution in [1.82, 2.24) is 0 Å². The van der Waals surface area contributed by atoms with Crippen LogP contribution in [0, 0.1) is 6.92 Å². The van der Waals surface area contributed by atoms with Gasteiger partial charge in [0, 0.05) is 18.5 Å². The topological polar surface area (TPSA) is 50.7 Å². The Hall–Kier alpha value is -3.20. The Labute approximate surface area is 152 Å². The molecule has 2 N–H and O–H groups in total. The minimum absolute atomic E-state index is 0.779. The fraction of sp³-hybridized carbons (Fsp3) is 0.130. The Kier molecular flexibility index (Phi) is 3.29. The highest BCUT2D eigenvalue weighted by Crippen LogP contribution is 2.38. The van der Waals surface area contributed by atoms with Gasteiger partial charge in [-0.1, -0.05) is 48.0 Å². The van der Waals surface area contributed by atoms with Crippen LogP contribution in [0.25, 0.3) is 0 Å². The molecular formula is C23H19N3. The van der Waals surface area contributed by atoms with Gasteiger partial charge in [-0.25, -0.2) is 0 Å². The molecule has 0 aliphatic carbocycles. The maximum absolute atomic E-state index is 5.79. The summed E-state index contributed by atoms with van der Waals surface area (Å²) >= 11 is 0. The number of nitrogens with zero attached hydrogens (tertiary/aromatic N) is 2. The van der Waals surface area contributed by atoms with Crippen molar-refractivity contribution < 1.29 is 0 Å². The second kappa shape index (κ2) is 5.67. The van der Waals surface area contributed by atoms with Gasteiger partial charge < -0.3 is 5.73 Å². The first-order chi connectivity index (χ1) is 12.7. The zero-order valence-electron chi connectivity index (χ0n) is 14.7. The van der Waals surface area contributed by atoms with E-state index in [0.29, 0.717) is 0 Å². The second-order valence-corrected chi connectivity index (χ2v) is 7.07. The van der Waals surface area contributed by atoms with Crippen molar-refractivity contribution in [3.05, 3.63) is 88.5 Å². The lowest BCUT2D eigenvalue weighted by Crippen LogP contribution is -2.01. The number of fused-ring (bicyclic) bond motifs is 2. The molecular weight excluding hydrogens is 318 g/mol. The van der Waals surface area contributed by atoms with Gasteiger partial charge in [-0.3, -0.25) is 9.98 Å². The first-order valence-electron chi connectivity index (χ1n) is 8.89. The summed E-state index contributed by atoms with van der Waals surface area (Å²) in [6.07, 6.45) is 1.76. The van der Waals surface area contributed by atoms with Gasteiger partial charge in [0.1, 0.15) is 0 Å². The summed E-state index contributed by atoms with van der Waals surface area (Å²) in [5.41, 5.74) is 17.1. The van der Waals surface area contributed by atoms with E-state index in [9.17, 15) is 0 Å². The molecule has 3 nitrogen and oxygen atoms in total. The Bertz CT molecular complexity index is 987. The summed E-state index contributed by atoms with van der Waals surface area (Å²) in [6.45, 7) is 2.11. The fourth-order valence-electron chi connectivity index (χ4n) is 3.65. The molecule has 0 amide bonds. The molecule has 2 heterocycles. The van der Waals surface area contributed by atoms with Crippen molar-refractivity contribution in [2.75, 3.05) is 5.73 Å². The number of hydrogen-bond donors (Lipinski definition) is 1. The Morgan fingerprint density at radius 3 is 1.73 bits per heavy atom. The van der Waals surface area contributed by atoms with Gasteiger partial charge in [0.2, 0.25) is 0 Å². The molecule has 0 spiro atoms. The molecule has 5 rings (SSSR count). The normalized spacial score (nSPS) is 14.7. The number of nitrogen functional groups attached to an aromatic ring is 1. The van der Waals surface area contributed by atoms with Gasteiger partial charge in [0.15, 0.2) is 0 Å². The van der Waals surface area contributed by atoms with E-state index in [1.165, 1.54) is 22.3 Å². The maximum atomic E-state index is 5.79. The lowest BCUT2D eigenvalue weighted by atomic mass is 9.99. The van der Waals surface area contributed by atoms with Gasteiger partial charge in [0.05, 0.1) is 22.8 Å². The third kappa shape index (κ3) is 2.53. The maximum Gasteiger partial charge on any atom is 0.0690 e. The van der Waals surface area contributed by atoms with Crippen molar-refractivity contribution >= 4 is 28.5 Å².